The number of hydrogen-bond donors (Lipinski definition) is 6. The molecule has 0 radical (unpaired) electrons. The van der Waals surface area contributed by atoms with Crippen LogP contribution in [0.1, 0.15) is 49.7 Å². The molecule has 236 valence electrons. The highest BCUT2D eigenvalue weighted by molar-refractivity contribution is 5.94. The molecule has 0 bridgehead atoms. The van der Waals surface area contributed by atoms with E-state index in [-0.39, 0.29) is 29.2 Å². The molecule has 3 atom stereocenters. The summed E-state index contributed by atoms with van der Waals surface area (Å²) >= 11 is 0. The van der Waals surface area contributed by atoms with Crippen molar-refractivity contribution >= 4 is 17.4 Å². The molecule has 0 saturated heterocycles. The van der Waals surface area contributed by atoms with Gasteiger partial charge in [-0.3, -0.25) is 9.79 Å². The van der Waals surface area contributed by atoms with E-state index in [4.69, 9.17) is 19.9 Å². The van der Waals surface area contributed by atoms with Gasteiger partial charge in [-0.1, -0.05) is 12.1 Å². The van der Waals surface area contributed by atoms with E-state index in [0.717, 1.165) is 24.0 Å². The Morgan fingerprint density at radius 2 is 1.95 bits per heavy atom. The molecule has 1 saturated carbocycles. The number of carbonyl (C=O) groups excluding carboxylic acids is 1. The lowest BCUT2D eigenvalue weighted by Crippen LogP contribution is -2.43. The summed E-state index contributed by atoms with van der Waals surface area (Å²) in [6, 6.07) is 8.68. The maximum atomic E-state index is 12.5. The number of carbonyl (C=O) groups is 1. The first-order valence-corrected chi connectivity index (χ1v) is 14.6. The molecule has 11 nitrogen and oxygen atoms in total. The lowest BCUT2D eigenvalue weighted by Gasteiger charge is -2.32. The summed E-state index contributed by atoms with van der Waals surface area (Å²) in [5.41, 5.74) is 7.51. The van der Waals surface area contributed by atoms with Crippen LogP contribution in [-0.4, -0.2) is 73.8 Å². The van der Waals surface area contributed by atoms with Gasteiger partial charge in [-0.05, 0) is 93.0 Å². The number of ketones is 1. The van der Waals surface area contributed by atoms with Gasteiger partial charge in [0.2, 0.25) is 0 Å². The van der Waals surface area contributed by atoms with E-state index >= 15 is 0 Å². The number of rotatable bonds is 16. The molecule has 43 heavy (non-hydrogen) atoms. The summed E-state index contributed by atoms with van der Waals surface area (Å²) in [6.45, 7) is 0.569. The van der Waals surface area contributed by atoms with Gasteiger partial charge in [0.15, 0.2) is 41.0 Å². The van der Waals surface area contributed by atoms with Crippen molar-refractivity contribution in [3.63, 3.8) is 0 Å². The van der Waals surface area contributed by atoms with Crippen molar-refractivity contribution in [1.82, 2.24) is 5.32 Å². The van der Waals surface area contributed by atoms with Crippen LogP contribution in [0.2, 0.25) is 0 Å². The highest BCUT2D eigenvalue weighted by atomic mass is 16.6. The Kier molecular flexibility index (Phi) is 12.7. The second-order valence-electron chi connectivity index (χ2n) is 11.0. The third-order valence-electron chi connectivity index (χ3n) is 7.75. The number of nitrogens with zero attached hydrogens (tertiary/aromatic N) is 1. The van der Waals surface area contributed by atoms with Crippen LogP contribution in [-0.2, 0) is 22.4 Å². The van der Waals surface area contributed by atoms with Crippen LogP contribution in [0.4, 0.5) is 5.69 Å². The number of aryl methyl sites for hydroxylation is 2. The molecule has 0 heterocycles. The number of allylic oxidation sites excluding steroid dienone is 2. The zero-order valence-electron chi connectivity index (χ0n) is 25.6. The van der Waals surface area contributed by atoms with Crippen molar-refractivity contribution < 1.29 is 34.3 Å². The topological polar surface area (TPSA) is 168 Å². The van der Waals surface area contributed by atoms with Gasteiger partial charge >= 0.3 is 0 Å². The Hall–Kier alpha value is -3.80. The Morgan fingerprint density at radius 3 is 2.65 bits per heavy atom. The van der Waals surface area contributed by atoms with Crippen molar-refractivity contribution in [3.8, 4) is 23.0 Å². The molecule has 7 N–H and O–H groups in total. The number of likely N-dealkylation sites (N-methyl/N-ethyl adjacent to an activating group) is 1. The Bertz CT molecular complexity index is 1280. The summed E-state index contributed by atoms with van der Waals surface area (Å²) < 4.78 is 16.8. The maximum Gasteiger partial charge on any atom is 0.192 e. The first-order chi connectivity index (χ1) is 20.6. The van der Waals surface area contributed by atoms with E-state index in [2.05, 4.69) is 15.6 Å². The average molecular weight is 599 g/mol. The highest BCUT2D eigenvalue weighted by Gasteiger charge is 2.42. The van der Waals surface area contributed by atoms with Gasteiger partial charge < -0.3 is 45.9 Å². The van der Waals surface area contributed by atoms with E-state index in [0.29, 0.717) is 62.3 Å². The molecule has 11 heteroatoms. The number of aliphatic hydroxyl groups is 1. The second kappa shape index (κ2) is 16.2. The number of aromatic hydroxyl groups is 2. The van der Waals surface area contributed by atoms with Crippen LogP contribution in [0, 0.1) is 5.92 Å². The minimum atomic E-state index is -0.824. The van der Waals surface area contributed by atoms with Crippen molar-refractivity contribution in [2.24, 2.45) is 16.6 Å². The Balaban J connectivity index is 1.70. The number of phenols is 2. The van der Waals surface area contributed by atoms with Gasteiger partial charge in [-0.25, -0.2) is 0 Å². The molecule has 1 fully saturated rings. The maximum absolute atomic E-state index is 12.5. The first-order valence-electron chi connectivity index (χ1n) is 14.6. The van der Waals surface area contributed by atoms with Crippen LogP contribution in [0.5, 0.6) is 23.0 Å². The number of aliphatic hydroxyl groups excluding tert-OH is 1. The number of ether oxygens (including phenoxy) is 3. The van der Waals surface area contributed by atoms with Crippen molar-refractivity contribution in [1.29, 1.82) is 0 Å². The predicted molar refractivity (Wildman–Crippen MR) is 167 cm³/mol. The fraction of sp³-hybridized carbons (Fsp3) is 0.500. The van der Waals surface area contributed by atoms with Crippen molar-refractivity contribution in [2.75, 3.05) is 40.2 Å². The van der Waals surface area contributed by atoms with Crippen LogP contribution >= 0.6 is 0 Å². The first kappa shape index (κ1) is 33.7. The number of methoxy groups -OCH3 is 2. The number of anilines is 1. The van der Waals surface area contributed by atoms with Gasteiger partial charge in [0, 0.05) is 33.5 Å². The predicted octanol–water partition coefficient (Wildman–Crippen LogP) is 3.65. The largest absolute Gasteiger partial charge is 0.504 e. The molecule has 1 aliphatic carbocycles. The summed E-state index contributed by atoms with van der Waals surface area (Å²) in [7, 11) is 6.39. The average Bonchev–Trinajstić information content (AvgIpc) is 3.38. The summed E-state index contributed by atoms with van der Waals surface area (Å²) in [5.74, 6) is 1.07. The molecule has 0 spiro atoms. The Labute approximate surface area is 253 Å². The van der Waals surface area contributed by atoms with Crippen LogP contribution in [0.15, 0.2) is 47.5 Å². The molecule has 0 aliphatic heterocycles. The number of hydrogen-bond acceptors (Lipinski definition) is 9. The molecular weight excluding hydrogens is 552 g/mol. The number of guanidine groups is 1. The fourth-order valence-corrected chi connectivity index (χ4v) is 5.49. The Morgan fingerprint density at radius 1 is 1.19 bits per heavy atom. The number of phenolic OH excluding ortho intramolecular Hbond substituents is 2. The summed E-state index contributed by atoms with van der Waals surface area (Å²) in [5, 5.41) is 37.0. The zero-order valence-corrected chi connectivity index (χ0v) is 25.6. The van der Waals surface area contributed by atoms with Crippen molar-refractivity contribution in [2.45, 2.75) is 63.3 Å². The van der Waals surface area contributed by atoms with Gasteiger partial charge in [0.05, 0.1) is 12.8 Å². The van der Waals surface area contributed by atoms with Crippen LogP contribution < -0.4 is 25.8 Å². The molecule has 1 aliphatic rings. The third-order valence-corrected chi connectivity index (χ3v) is 7.75. The fourth-order valence-electron chi connectivity index (χ4n) is 5.49. The number of benzene rings is 2. The van der Waals surface area contributed by atoms with Gasteiger partial charge in [-0.15, -0.1) is 0 Å². The lowest BCUT2D eigenvalue weighted by molar-refractivity contribution is -0.114. The van der Waals surface area contributed by atoms with Crippen molar-refractivity contribution in [3.05, 3.63) is 53.6 Å². The molecule has 3 rings (SSSR count). The summed E-state index contributed by atoms with van der Waals surface area (Å²) in [4.78, 5) is 16.4. The highest BCUT2D eigenvalue weighted by Crippen LogP contribution is 2.44. The van der Waals surface area contributed by atoms with E-state index in [1.54, 1.807) is 37.4 Å². The van der Waals surface area contributed by atoms with Gasteiger partial charge in [0.1, 0.15) is 5.60 Å². The standard InChI is InChI=1S/C32H46N4O7/c1-34-20-32(14-13-23(19-32)18-29(39)42-4)43-28-17-22(15-25(30(28)40)36-31(33)35-2)7-5-6-8-24(37)11-9-21-10-12-26(38)27(16-21)41-3/h6,8,10,12,15-17,23,29,34,38-40H,5,7,9,11,13-14,18-20H2,1-4H3,(H3,33,35,36). The molecule has 3 unspecified atom stereocenters. The SMILES string of the molecule is CN=C(N)Nc1cc(CCC=CC(=O)CCc2ccc(O)c(OC)c2)cc(OC2(CNC)CCC(CC(O)OC)C2)c1O. The monoisotopic (exact) mass is 598 g/mol. The second-order valence-corrected chi connectivity index (χ2v) is 11.0. The minimum Gasteiger partial charge on any atom is -0.504 e. The van der Waals surface area contributed by atoms with E-state index in [9.17, 15) is 20.1 Å². The molecule has 2 aromatic rings. The quantitative estimate of drug-likeness (QED) is 0.0552. The normalized spacial score (nSPS) is 19.5. The molecule has 0 aromatic heterocycles. The van der Waals surface area contributed by atoms with E-state index < -0.39 is 11.9 Å². The van der Waals surface area contributed by atoms with Crippen LogP contribution in [0.25, 0.3) is 0 Å². The third kappa shape index (κ3) is 9.87. The minimum absolute atomic E-state index is 0.000515. The summed E-state index contributed by atoms with van der Waals surface area (Å²) in [6.07, 6.45) is 7.49. The smallest absolute Gasteiger partial charge is 0.192 e. The number of nitrogens with two attached hydrogens (primary N) is 1. The van der Waals surface area contributed by atoms with Gasteiger partial charge in [0.25, 0.3) is 0 Å². The zero-order chi connectivity index (χ0) is 31.4. The van der Waals surface area contributed by atoms with Gasteiger partial charge in [-0.2, -0.15) is 0 Å². The lowest BCUT2D eigenvalue weighted by atomic mass is 9.97. The van der Waals surface area contributed by atoms with E-state index in [1.807, 2.05) is 19.2 Å². The number of aliphatic imine (C=N–C) groups is 1. The van der Waals surface area contributed by atoms with E-state index in [1.165, 1.54) is 14.2 Å². The molecular formula is C32H46N4O7. The molecule has 0 amide bonds. The number of nitrogens with one attached hydrogen (secondary N) is 2. The molecule has 2 aromatic carbocycles. The van der Waals surface area contributed by atoms with Crippen LogP contribution in [0.3, 0.4) is 0 Å².